The van der Waals surface area contributed by atoms with Gasteiger partial charge in [-0.3, -0.25) is 5.32 Å². The number of benzene rings is 2. The normalized spacial score (nSPS) is 16.7. The van der Waals surface area contributed by atoms with Gasteiger partial charge in [0.2, 0.25) is 0 Å². The van der Waals surface area contributed by atoms with Crippen molar-refractivity contribution in [3.8, 4) is 11.5 Å². The largest absolute Gasteiger partial charge is 0.457 e. The van der Waals surface area contributed by atoms with Crippen molar-refractivity contribution in [2.24, 2.45) is 0 Å². The number of nitrogens with zero attached hydrogens (tertiary/aromatic N) is 1. The van der Waals surface area contributed by atoms with Crippen molar-refractivity contribution in [2.75, 3.05) is 19.9 Å². The van der Waals surface area contributed by atoms with Crippen molar-refractivity contribution in [1.82, 2.24) is 15.8 Å². The summed E-state index contributed by atoms with van der Waals surface area (Å²) in [5.74, 6) is 0.389. The first-order chi connectivity index (χ1) is 12.3. The number of β-amino-alcohol motifs (C(OH)–C–C–N with tert-alkyl or cyclic N) is 1. The molecule has 3 rings (SSSR count). The number of alkyl halides is 3. The molecule has 9 heteroatoms. The molecule has 1 heterocycles. The molecule has 2 aromatic rings. The van der Waals surface area contributed by atoms with Gasteiger partial charge in [-0.2, -0.15) is 13.2 Å². The molecule has 0 spiro atoms. The molecular formula is C17H17ClF3N3O2. The Morgan fingerprint density at radius 2 is 1.85 bits per heavy atom. The molecule has 0 bridgehead atoms. The predicted molar refractivity (Wildman–Crippen MR) is 90.6 cm³/mol. The molecule has 0 radical (unpaired) electrons. The number of halogens is 4. The van der Waals surface area contributed by atoms with Crippen LogP contribution < -0.4 is 15.5 Å². The van der Waals surface area contributed by atoms with Crippen LogP contribution in [-0.2, 0) is 6.18 Å². The maximum absolute atomic E-state index is 13.5. The molecule has 1 atom stereocenters. The molecule has 1 saturated heterocycles. The standard InChI is InChI=1S/C17H17ClF3N3O2/c18-11-1-3-12(4-2-11)26-13-5-6-14(15(7-13)17(19,20)21)16(25)8-24-10-22-9-23-24/h1-7,16,22-23,25H,8-10H2. The van der Waals surface area contributed by atoms with Crippen LogP contribution >= 0.6 is 11.6 Å². The maximum Gasteiger partial charge on any atom is 0.416 e. The molecule has 2 aromatic carbocycles. The Morgan fingerprint density at radius 3 is 2.46 bits per heavy atom. The Labute approximate surface area is 153 Å². The molecule has 1 aliphatic heterocycles. The van der Waals surface area contributed by atoms with E-state index in [-0.39, 0.29) is 17.9 Å². The van der Waals surface area contributed by atoms with Gasteiger partial charge in [0.25, 0.3) is 0 Å². The van der Waals surface area contributed by atoms with Gasteiger partial charge < -0.3 is 9.84 Å². The predicted octanol–water partition coefficient (Wildman–Crippen LogP) is 3.51. The number of ether oxygens (including phenoxy) is 1. The Balaban J connectivity index is 1.84. The van der Waals surface area contributed by atoms with Crippen molar-refractivity contribution in [1.29, 1.82) is 0 Å². The number of rotatable bonds is 5. The quantitative estimate of drug-likeness (QED) is 0.733. The summed E-state index contributed by atoms with van der Waals surface area (Å²) in [4.78, 5) is 0. The lowest BCUT2D eigenvalue weighted by Crippen LogP contribution is -2.35. The fourth-order valence-electron chi connectivity index (χ4n) is 2.62. The van der Waals surface area contributed by atoms with E-state index in [0.717, 1.165) is 6.07 Å². The monoisotopic (exact) mass is 387 g/mol. The first-order valence-electron chi connectivity index (χ1n) is 7.85. The van der Waals surface area contributed by atoms with Crippen molar-refractivity contribution < 1.29 is 23.0 Å². The van der Waals surface area contributed by atoms with Gasteiger partial charge in [0.05, 0.1) is 25.0 Å². The summed E-state index contributed by atoms with van der Waals surface area (Å²) in [6.45, 7) is 0.969. The average Bonchev–Trinajstić information content (AvgIpc) is 3.09. The van der Waals surface area contributed by atoms with Gasteiger partial charge in [0.15, 0.2) is 0 Å². The average molecular weight is 388 g/mol. The van der Waals surface area contributed by atoms with Gasteiger partial charge in [-0.25, -0.2) is 10.4 Å². The van der Waals surface area contributed by atoms with Crippen LogP contribution in [0.4, 0.5) is 13.2 Å². The smallest absolute Gasteiger partial charge is 0.416 e. The number of hydrogen-bond acceptors (Lipinski definition) is 5. The van der Waals surface area contributed by atoms with Gasteiger partial charge >= 0.3 is 6.18 Å². The van der Waals surface area contributed by atoms with Gasteiger partial charge in [-0.1, -0.05) is 17.7 Å². The Hall–Kier alpha value is -1.84. The molecular weight excluding hydrogens is 371 g/mol. The summed E-state index contributed by atoms with van der Waals surface area (Å²) < 4.78 is 45.9. The first kappa shape index (κ1) is 18.9. The van der Waals surface area contributed by atoms with Gasteiger partial charge in [0, 0.05) is 11.6 Å². The van der Waals surface area contributed by atoms with Crippen LogP contribution in [0, 0.1) is 0 Å². The van der Waals surface area contributed by atoms with Crippen LogP contribution in [0.2, 0.25) is 5.02 Å². The lowest BCUT2D eigenvalue weighted by molar-refractivity contribution is -0.139. The van der Waals surface area contributed by atoms with Crippen molar-refractivity contribution >= 4 is 11.6 Å². The van der Waals surface area contributed by atoms with E-state index in [9.17, 15) is 18.3 Å². The fraction of sp³-hybridized carbons (Fsp3) is 0.294. The minimum absolute atomic E-state index is 0.0213. The fourth-order valence-corrected chi connectivity index (χ4v) is 2.75. The summed E-state index contributed by atoms with van der Waals surface area (Å²) in [6, 6.07) is 9.81. The van der Waals surface area contributed by atoms with E-state index in [1.165, 1.54) is 12.1 Å². The van der Waals surface area contributed by atoms with Crippen molar-refractivity contribution in [2.45, 2.75) is 12.3 Å². The summed E-state index contributed by atoms with van der Waals surface area (Å²) in [6.07, 6.45) is -5.92. The van der Waals surface area contributed by atoms with Crippen LogP contribution in [0.15, 0.2) is 42.5 Å². The van der Waals surface area contributed by atoms with Crippen LogP contribution in [0.5, 0.6) is 11.5 Å². The summed E-state index contributed by atoms with van der Waals surface area (Å²) in [7, 11) is 0. The van der Waals surface area contributed by atoms with Crippen LogP contribution in [0.3, 0.4) is 0 Å². The molecule has 0 aromatic heterocycles. The molecule has 1 aliphatic rings. The third kappa shape index (κ3) is 4.66. The minimum Gasteiger partial charge on any atom is -0.457 e. The molecule has 3 N–H and O–H groups in total. The topological polar surface area (TPSA) is 56.8 Å². The zero-order chi connectivity index (χ0) is 18.7. The second-order valence-corrected chi connectivity index (χ2v) is 6.22. The highest BCUT2D eigenvalue weighted by atomic mass is 35.5. The SMILES string of the molecule is OC(CN1CNCN1)c1ccc(Oc2ccc(Cl)cc2)cc1C(F)(F)F. The maximum atomic E-state index is 13.5. The number of hydrazine groups is 1. The van der Waals surface area contributed by atoms with E-state index in [2.05, 4.69) is 10.7 Å². The van der Waals surface area contributed by atoms with E-state index in [0.29, 0.717) is 24.1 Å². The lowest BCUT2D eigenvalue weighted by Gasteiger charge is -2.22. The van der Waals surface area contributed by atoms with Gasteiger partial charge in [0.1, 0.15) is 11.5 Å². The van der Waals surface area contributed by atoms with E-state index >= 15 is 0 Å². The number of aliphatic hydroxyl groups excluding tert-OH is 1. The number of nitrogens with one attached hydrogen (secondary N) is 2. The molecule has 0 aliphatic carbocycles. The highest BCUT2D eigenvalue weighted by Gasteiger charge is 2.36. The Bertz CT molecular complexity index is 750. The van der Waals surface area contributed by atoms with Crippen LogP contribution in [-0.4, -0.2) is 30.0 Å². The number of hydrogen-bond donors (Lipinski definition) is 3. The highest BCUT2D eigenvalue weighted by molar-refractivity contribution is 6.30. The molecule has 26 heavy (non-hydrogen) atoms. The molecule has 140 valence electrons. The number of aliphatic hydroxyl groups is 1. The minimum atomic E-state index is -4.62. The first-order valence-corrected chi connectivity index (χ1v) is 8.22. The third-order valence-corrected chi connectivity index (χ3v) is 4.11. The highest BCUT2D eigenvalue weighted by Crippen LogP contribution is 2.38. The lowest BCUT2D eigenvalue weighted by atomic mass is 10.0. The van der Waals surface area contributed by atoms with Gasteiger partial charge in [-0.05, 0) is 42.0 Å². The Morgan fingerprint density at radius 1 is 1.15 bits per heavy atom. The second-order valence-electron chi connectivity index (χ2n) is 5.78. The summed E-state index contributed by atoms with van der Waals surface area (Å²) in [5.41, 5.74) is 1.78. The van der Waals surface area contributed by atoms with E-state index in [4.69, 9.17) is 16.3 Å². The van der Waals surface area contributed by atoms with E-state index in [1.807, 2.05) is 0 Å². The summed E-state index contributed by atoms with van der Waals surface area (Å²) in [5, 5.41) is 15.3. The zero-order valence-corrected chi connectivity index (χ0v) is 14.3. The van der Waals surface area contributed by atoms with E-state index < -0.39 is 17.8 Å². The van der Waals surface area contributed by atoms with Gasteiger partial charge in [-0.15, -0.1) is 0 Å². The third-order valence-electron chi connectivity index (χ3n) is 3.86. The van der Waals surface area contributed by atoms with Crippen molar-refractivity contribution in [3.63, 3.8) is 0 Å². The van der Waals surface area contributed by atoms with Crippen molar-refractivity contribution in [3.05, 3.63) is 58.6 Å². The Kier molecular flexibility index (Phi) is 5.69. The van der Waals surface area contributed by atoms with Crippen LogP contribution in [0.1, 0.15) is 17.2 Å². The second kappa shape index (κ2) is 7.81. The zero-order valence-electron chi connectivity index (χ0n) is 13.6. The molecule has 1 fully saturated rings. The molecule has 1 unspecified atom stereocenters. The molecule has 5 nitrogen and oxygen atoms in total. The summed E-state index contributed by atoms with van der Waals surface area (Å²) >= 11 is 5.78. The van der Waals surface area contributed by atoms with E-state index in [1.54, 1.807) is 29.3 Å². The molecule has 0 saturated carbocycles. The molecule has 0 amide bonds. The van der Waals surface area contributed by atoms with Crippen LogP contribution in [0.25, 0.3) is 0 Å².